The Balaban J connectivity index is 2.17. The fourth-order valence-electron chi connectivity index (χ4n) is 1.51. The molecule has 5 nitrogen and oxygen atoms in total. The van der Waals surface area contributed by atoms with Crippen molar-refractivity contribution in [1.82, 2.24) is 14.5 Å². The predicted octanol–water partition coefficient (Wildman–Crippen LogP) is 2.18. The van der Waals surface area contributed by atoms with Crippen molar-refractivity contribution in [2.75, 3.05) is 5.75 Å². The van der Waals surface area contributed by atoms with Crippen LogP contribution in [0.2, 0.25) is 0 Å². The molecule has 0 spiro atoms. The van der Waals surface area contributed by atoms with Gasteiger partial charge in [0.15, 0.2) is 5.16 Å². The smallest absolute Gasteiger partial charge is 0.313 e. The van der Waals surface area contributed by atoms with Crippen LogP contribution in [0.4, 0.5) is 0 Å². The Morgan fingerprint density at radius 2 is 2.33 bits per heavy atom. The highest BCUT2D eigenvalue weighted by Crippen LogP contribution is 2.21. The lowest BCUT2D eigenvalue weighted by Crippen LogP contribution is -2.03. The Kier molecular flexibility index (Phi) is 4.03. The van der Waals surface area contributed by atoms with Crippen molar-refractivity contribution in [1.29, 1.82) is 0 Å². The van der Waals surface area contributed by atoms with Crippen molar-refractivity contribution >= 4 is 29.1 Å². The highest BCUT2D eigenvalue weighted by atomic mass is 32.2. The standard InChI is InChI=1S/C11H13N3O2S2/c1-7-3-14(4-9-8(2)12-6-18-9)11(13-7)17-5-10(15)16/h3,6H,4-5H2,1-2H3,(H,15,16). The maximum atomic E-state index is 10.6. The van der Waals surface area contributed by atoms with Gasteiger partial charge < -0.3 is 9.67 Å². The zero-order chi connectivity index (χ0) is 13.1. The van der Waals surface area contributed by atoms with Crippen LogP contribution >= 0.6 is 23.1 Å². The molecule has 0 amide bonds. The molecule has 0 fully saturated rings. The van der Waals surface area contributed by atoms with Crippen molar-refractivity contribution in [2.24, 2.45) is 0 Å². The summed E-state index contributed by atoms with van der Waals surface area (Å²) < 4.78 is 1.98. The number of carbonyl (C=O) groups is 1. The molecule has 0 aliphatic heterocycles. The number of rotatable bonds is 5. The third-order valence-electron chi connectivity index (χ3n) is 2.34. The molecule has 0 saturated carbocycles. The summed E-state index contributed by atoms with van der Waals surface area (Å²) in [7, 11) is 0. The molecular weight excluding hydrogens is 270 g/mol. The number of nitrogens with zero attached hydrogens (tertiary/aromatic N) is 3. The minimum atomic E-state index is -0.832. The summed E-state index contributed by atoms with van der Waals surface area (Å²) in [5.74, 6) is -0.806. The zero-order valence-corrected chi connectivity index (χ0v) is 11.7. The summed E-state index contributed by atoms with van der Waals surface area (Å²) in [6, 6.07) is 0. The predicted molar refractivity (Wildman–Crippen MR) is 71.3 cm³/mol. The molecule has 0 saturated heterocycles. The molecule has 2 aromatic heterocycles. The number of aromatic nitrogens is 3. The average molecular weight is 283 g/mol. The number of aliphatic carboxylic acids is 1. The average Bonchev–Trinajstić information content (AvgIpc) is 2.84. The summed E-state index contributed by atoms with van der Waals surface area (Å²) in [5, 5.41) is 9.45. The van der Waals surface area contributed by atoms with E-state index in [4.69, 9.17) is 5.11 Å². The molecule has 0 unspecified atom stereocenters. The topological polar surface area (TPSA) is 68.0 Å². The van der Waals surface area contributed by atoms with Gasteiger partial charge in [-0.15, -0.1) is 11.3 Å². The van der Waals surface area contributed by atoms with Crippen LogP contribution in [-0.2, 0) is 11.3 Å². The van der Waals surface area contributed by atoms with E-state index in [1.807, 2.05) is 30.1 Å². The van der Waals surface area contributed by atoms with Crippen LogP contribution in [0.15, 0.2) is 16.9 Å². The lowest BCUT2D eigenvalue weighted by Gasteiger charge is -2.05. The van der Waals surface area contributed by atoms with Gasteiger partial charge >= 0.3 is 5.97 Å². The summed E-state index contributed by atoms with van der Waals surface area (Å²) in [6.07, 6.45) is 1.93. The highest BCUT2D eigenvalue weighted by Gasteiger charge is 2.11. The molecule has 0 aromatic carbocycles. The van der Waals surface area contributed by atoms with Gasteiger partial charge in [-0.1, -0.05) is 11.8 Å². The SMILES string of the molecule is Cc1cn(Cc2scnc2C)c(SCC(=O)O)n1. The first kappa shape index (κ1) is 13.1. The fourth-order valence-corrected chi connectivity index (χ4v) is 3.03. The van der Waals surface area contributed by atoms with E-state index in [-0.39, 0.29) is 5.75 Å². The van der Waals surface area contributed by atoms with Gasteiger partial charge in [0.1, 0.15) is 0 Å². The Morgan fingerprint density at radius 3 is 2.94 bits per heavy atom. The van der Waals surface area contributed by atoms with Crippen molar-refractivity contribution in [3.8, 4) is 0 Å². The Labute approximate surface area is 113 Å². The number of thiazole rings is 1. The van der Waals surface area contributed by atoms with Gasteiger partial charge in [-0.25, -0.2) is 9.97 Å². The number of thioether (sulfide) groups is 1. The van der Waals surface area contributed by atoms with E-state index in [0.717, 1.165) is 16.5 Å². The van der Waals surface area contributed by atoms with Crippen molar-refractivity contribution in [2.45, 2.75) is 25.5 Å². The van der Waals surface area contributed by atoms with Gasteiger partial charge in [0.2, 0.25) is 0 Å². The summed E-state index contributed by atoms with van der Waals surface area (Å²) in [6.45, 7) is 4.57. The molecular formula is C11H13N3O2S2. The number of hydrogen-bond acceptors (Lipinski definition) is 5. The molecule has 0 aliphatic carbocycles. The van der Waals surface area contributed by atoms with E-state index < -0.39 is 5.97 Å². The second-order valence-electron chi connectivity index (χ2n) is 3.84. The number of imidazole rings is 1. The molecule has 1 N–H and O–H groups in total. The van der Waals surface area contributed by atoms with E-state index in [2.05, 4.69) is 9.97 Å². The molecule has 0 radical (unpaired) electrons. The monoisotopic (exact) mass is 283 g/mol. The second kappa shape index (κ2) is 5.53. The molecule has 2 aromatic rings. The lowest BCUT2D eigenvalue weighted by atomic mass is 10.4. The van der Waals surface area contributed by atoms with Crippen molar-refractivity contribution in [3.05, 3.63) is 28.0 Å². The third-order valence-corrected chi connectivity index (χ3v) is 4.24. The third kappa shape index (κ3) is 3.11. The first-order valence-corrected chi connectivity index (χ1v) is 7.20. The number of hydrogen-bond donors (Lipinski definition) is 1. The number of aryl methyl sites for hydroxylation is 2. The van der Waals surface area contributed by atoms with Gasteiger partial charge in [-0.2, -0.15) is 0 Å². The van der Waals surface area contributed by atoms with E-state index >= 15 is 0 Å². The largest absolute Gasteiger partial charge is 0.481 e. The molecule has 7 heteroatoms. The van der Waals surface area contributed by atoms with Gasteiger partial charge in [-0.05, 0) is 13.8 Å². The molecule has 0 aliphatic rings. The molecule has 2 rings (SSSR count). The van der Waals surface area contributed by atoms with Crippen molar-refractivity contribution < 1.29 is 9.90 Å². The normalized spacial score (nSPS) is 10.8. The summed E-state index contributed by atoms with van der Waals surface area (Å²) in [5.41, 5.74) is 3.73. The molecule has 96 valence electrons. The van der Waals surface area contributed by atoms with Gasteiger partial charge in [0, 0.05) is 11.1 Å². The maximum absolute atomic E-state index is 10.6. The lowest BCUT2D eigenvalue weighted by molar-refractivity contribution is -0.133. The minimum absolute atomic E-state index is 0.0259. The fraction of sp³-hybridized carbons (Fsp3) is 0.364. The first-order chi connectivity index (χ1) is 8.56. The Morgan fingerprint density at radius 1 is 1.56 bits per heavy atom. The second-order valence-corrected chi connectivity index (χ2v) is 5.72. The molecule has 0 atom stereocenters. The van der Waals surface area contributed by atoms with Crippen molar-refractivity contribution in [3.63, 3.8) is 0 Å². The molecule has 0 bridgehead atoms. The van der Waals surface area contributed by atoms with E-state index in [9.17, 15) is 4.79 Å². The maximum Gasteiger partial charge on any atom is 0.313 e. The van der Waals surface area contributed by atoms with Crippen LogP contribution in [0, 0.1) is 13.8 Å². The van der Waals surface area contributed by atoms with Crippen LogP contribution in [0.3, 0.4) is 0 Å². The van der Waals surface area contributed by atoms with E-state index in [1.165, 1.54) is 16.6 Å². The number of carboxylic acids is 1. The minimum Gasteiger partial charge on any atom is -0.481 e. The Hall–Kier alpha value is -1.34. The summed E-state index contributed by atoms with van der Waals surface area (Å²) >= 11 is 2.84. The summed E-state index contributed by atoms with van der Waals surface area (Å²) in [4.78, 5) is 20.3. The number of carboxylic acid groups (broad SMARTS) is 1. The zero-order valence-electron chi connectivity index (χ0n) is 10.1. The highest BCUT2D eigenvalue weighted by molar-refractivity contribution is 7.99. The van der Waals surface area contributed by atoms with Gasteiger partial charge in [0.25, 0.3) is 0 Å². The Bertz CT molecular complexity index is 562. The van der Waals surface area contributed by atoms with E-state index in [0.29, 0.717) is 6.54 Å². The first-order valence-electron chi connectivity index (χ1n) is 5.33. The van der Waals surface area contributed by atoms with Gasteiger partial charge in [-0.3, -0.25) is 4.79 Å². The molecule has 18 heavy (non-hydrogen) atoms. The van der Waals surface area contributed by atoms with Crippen LogP contribution in [0.25, 0.3) is 0 Å². The van der Waals surface area contributed by atoms with Crippen LogP contribution in [0.5, 0.6) is 0 Å². The van der Waals surface area contributed by atoms with E-state index in [1.54, 1.807) is 11.3 Å². The van der Waals surface area contributed by atoms with Crippen LogP contribution in [-0.4, -0.2) is 31.4 Å². The van der Waals surface area contributed by atoms with Crippen LogP contribution < -0.4 is 0 Å². The molecule has 2 heterocycles. The van der Waals surface area contributed by atoms with Crippen LogP contribution in [0.1, 0.15) is 16.3 Å². The van der Waals surface area contributed by atoms with Gasteiger partial charge in [0.05, 0.1) is 29.2 Å². The quantitative estimate of drug-likeness (QED) is 0.852.